The molecule has 1 heteroatoms. The molecule has 0 heterocycles. The van der Waals surface area contributed by atoms with Crippen LogP contribution in [0.15, 0.2) is 0 Å². The van der Waals surface area contributed by atoms with E-state index in [2.05, 4.69) is 13.8 Å². The van der Waals surface area contributed by atoms with Crippen molar-refractivity contribution in [3.8, 4) is 0 Å². The van der Waals surface area contributed by atoms with Crippen LogP contribution in [0.4, 0.5) is 0 Å². The predicted octanol–water partition coefficient (Wildman–Crippen LogP) is 5.03. The van der Waals surface area contributed by atoms with Crippen LogP contribution in [0.2, 0.25) is 0 Å². The summed E-state index contributed by atoms with van der Waals surface area (Å²) in [7, 11) is 0. The van der Waals surface area contributed by atoms with Crippen LogP contribution >= 0.6 is 0 Å². The fraction of sp³-hybridized carbons (Fsp3) is 1.00. The molecular formula is C20H34O. The summed E-state index contributed by atoms with van der Waals surface area (Å²) in [6.07, 6.45) is 14.6. The van der Waals surface area contributed by atoms with E-state index in [0.29, 0.717) is 23.4 Å². The second-order valence-electron chi connectivity index (χ2n) is 9.40. The van der Waals surface area contributed by atoms with Gasteiger partial charge in [-0.2, -0.15) is 0 Å². The molecule has 0 aromatic rings. The summed E-state index contributed by atoms with van der Waals surface area (Å²) in [5.74, 6) is 4.55. The van der Waals surface area contributed by atoms with Crippen molar-refractivity contribution < 1.29 is 5.11 Å². The number of hydrogen-bond donors (Lipinski definition) is 1. The average molecular weight is 290 g/mol. The fourth-order valence-corrected chi connectivity index (χ4v) is 7.70. The number of rotatable bonds is 1. The lowest BCUT2D eigenvalue weighted by Gasteiger charge is -2.60. The zero-order valence-corrected chi connectivity index (χ0v) is 14.1. The van der Waals surface area contributed by atoms with E-state index in [4.69, 9.17) is 0 Å². The van der Waals surface area contributed by atoms with Crippen LogP contribution in [0, 0.1) is 40.4 Å². The highest BCUT2D eigenvalue weighted by molar-refractivity contribution is 5.08. The molecule has 4 fully saturated rings. The van der Waals surface area contributed by atoms with Crippen LogP contribution in [-0.2, 0) is 0 Å². The lowest BCUT2D eigenvalue weighted by atomic mass is 9.45. The molecule has 0 aromatic carbocycles. The van der Waals surface area contributed by atoms with Crippen LogP contribution in [0.1, 0.15) is 78.1 Å². The van der Waals surface area contributed by atoms with E-state index in [1.54, 1.807) is 0 Å². The van der Waals surface area contributed by atoms with Crippen molar-refractivity contribution in [1.82, 2.24) is 0 Å². The molecule has 0 radical (unpaired) electrons. The zero-order chi connectivity index (χ0) is 14.7. The topological polar surface area (TPSA) is 20.2 Å². The van der Waals surface area contributed by atoms with Gasteiger partial charge in [-0.1, -0.05) is 26.7 Å². The summed E-state index contributed by atoms with van der Waals surface area (Å²) in [5, 5.41) is 9.80. The molecule has 0 spiro atoms. The van der Waals surface area contributed by atoms with Gasteiger partial charge in [-0.3, -0.25) is 0 Å². The van der Waals surface area contributed by atoms with Crippen molar-refractivity contribution in [3.63, 3.8) is 0 Å². The maximum atomic E-state index is 9.80. The number of aliphatic hydroxyl groups excluding tert-OH is 1. The molecule has 0 aliphatic heterocycles. The molecule has 4 saturated carbocycles. The maximum absolute atomic E-state index is 9.80. The largest absolute Gasteiger partial charge is 0.396 e. The van der Waals surface area contributed by atoms with Gasteiger partial charge >= 0.3 is 0 Å². The van der Waals surface area contributed by atoms with Crippen molar-refractivity contribution in [2.45, 2.75) is 78.1 Å². The summed E-state index contributed by atoms with van der Waals surface area (Å²) in [4.78, 5) is 0. The minimum Gasteiger partial charge on any atom is -0.396 e. The predicted molar refractivity (Wildman–Crippen MR) is 86.9 cm³/mol. The standard InChI is InChI=1S/C20H34O/c1-19-11-4-3-5-14(19)6-8-16-17-9-7-15(13-21)20(17,2)12-10-18(16)19/h14-18,21H,3-13H2,1-2H3/t14?,15-,16-,17+,18-,19-,20+/m0/s1. The smallest absolute Gasteiger partial charge is 0.0464 e. The third kappa shape index (κ3) is 1.92. The third-order valence-electron chi connectivity index (χ3n) is 9.00. The lowest BCUT2D eigenvalue weighted by Crippen LogP contribution is -2.52. The fourth-order valence-electron chi connectivity index (χ4n) is 7.70. The Labute approximate surface area is 130 Å². The summed E-state index contributed by atoms with van der Waals surface area (Å²) < 4.78 is 0. The summed E-state index contributed by atoms with van der Waals surface area (Å²) in [6.45, 7) is 5.62. The Hall–Kier alpha value is -0.0400. The van der Waals surface area contributed by atoms with E-state index in [1.165, 1.54) is 64.2 Å². The molecule has 4 aliphatic carbocycles. The zero-order valence-electron chi connectivity index (χ0n) is 14.1. The van der Waals surface area contributed by atoms with Crippen molar-refractivity contribution >= 4 is 0 Å². The van der Waals surface area contributed by atoms with Gasteiger partial charge < -0.3 is 5.11 Å². The molecule has 1 nitrogen and oxygen atoms in total. The second kappa shape index (κ2) is 4.98. The first-order chi connectivity index (χ1) is 10.1. The highest BCUT2D eigenvalue weighted by Crippen LogP contribution is 2.67. The Kier molecular flexibility index (Phi) is 3.45. The SMILES string of the molecule is C[C@]12CC[C@H]3[C@@H](CCC4CCCC[C@@]43C)[C@H]1CC[C@H]2CO. The van der Waals surface area contributed by atoms with Crippen LogP contribution < -0.4 is 0 Å². The normalized spacial score (nSPS) is 56.4. The molecular weight excluding hydrogens is 256 g/mol. The molecule has 0 aromatic heterocycles. The van der Waals surface area contributed by atoms with Crippen LogP contribution in [0.3, 0.4) is 0 Å². The molecule has 1 unspecified atom stereocenters. The molecule has 1 N–H and O–H groups in total. The van der Waals surface area contributed by atoms with Crippen LogP contribution in [0.5, 0.6) is 0 Å². The van der Waals surface area contributed by atoms with Crippen molar-refractivity contribution in [2.75, 3.05) is 6.61 Å². The highest BCUT2D eigenvalue weighted by Gasteiger charge is 2.59. The van der Waals surface area contributed by atoms with Gasteiger partial charge in [-0.05, 0) is 91.8 Å². The molecule has 4 aliphatic rings. The van der Waals surface area contributed by atoms with Gasteiger partial charge in [-0.15, -0.1) is 0 Å². The number of aliphatic hydroxyl groups is 1. The van der Waals surface area contributed by atoms with Gasteiger partial charge in [0, 0.05) is 6.61 Å². The van der Waals surface area contributed by atoms with Crippen molar-refractivity contribution in [2.24, 2.45) is 40.4 Å². The van der Waals surface area contributed by atoms with E-state index < -0.39 is 0 Å². The molecule has 21 heavy (non-hydrogen) atoms. The molecule has 4 rings (SSSR count). The molecule has 120 valence electrons. The quantitative estimate of drug-likeness (QED) is 0.718. The first-order valence-corrected chi connectivity index (χ1v) is 9.70. The van der Waals surface area contributed by atoms with Gasteiger partial charge in [0.25, 0.3) is 0 Å². The third-order valence-corrected chi connectivity index (χ3v) is 9.00. The van der Waals surface area contributed by atoms with E-state index in [0.717, 1.165) is 23.7 Å². The Morgan fingerprint density at radius 3 is 2.43 bits per heavy atom. The Balaban J connectivity index is 1.62. The van der Waals surface area contributed by atoms with Crippen LogP contribution in [0.25, 0.3) is 0 Å². The summed E-state index contributed by atoms with van der Waals surface area (Å²) in [6, 6.07) is 0. The Bertz CT molecular complexity index is 405. The van der Waals surface area contributed by atoms with E-state index in [1.807, 2.05) is 0 Å². The number of fused-ring (bicyclic) bond motifs is 5. The Morgan fingerprint density at radius 2 is 1.62 bits per heavy atom. The van der Waals surface area contributed by atoms with Crippen LogP contribution in [-0.4, -0.2) is 11.7 Å². The van der Waals surface area contributed by atoms with Crippen molar-refractivity contribution in [1.29, 1.82) is 0 Å². The van der Waals surface area contributed by atoms with Crippen molar-refractivity contribution in [3.05, 3.63) is 0 Å². The molecule has 0 amide bonds. The average Bonchev–Trinajstić information content (AvgIpc) is 2.83. The first kappa shape index (κ1) is 14.5. The van der Waals surface area contributed by atoms with Gasteiger partial charge in [0.1, 0.15) is 0 Å². The van der Waals surface area contributed by atoms with Gasteiger partial charge in [0.05, 0.1) is 0 Å². The van der Waals surface area contributed by atoms with E-state index >= 15 is 0 Å². The maximum Gasteiger partial charge on any atom is 0.0464 e. The minimum atomic E-state index is 0.435. The van der Waals surface area contributed by atoms with Gasteiger partial charge in [0.15, 0.2) is 0 Å². The second-order valence-corrected chi connectivity index (χ2v) is 9.40. The minimum absolute atomic E-state index is 0.435. The van der Waals surface area contributed by atoms with E-state index in [9.17, 15) is 5.11 Å². The first-order valence-electron chi connectivity index (χ1n) is 9.70. The highest BCUT2D eigenvalue weighted by atomic mass is 16.3. The summed E-state index contributed by atoms with van der Waals surface area (Å²) in [5.41, 5.74) is 1.13. The summed E-state index contributed by atoms with van der Waals surface area (Å²) >= 11 is 0. The van der Waals surface area contributed by atoms with Gasteiger partial charge in [0.2, 0.25) is 0 Å². The number of hydrogen-bond acceptors (Lipinski definition) is 1. The molecule has 0 bridgehead atoms. The van der Waals surface area contributed by atoms with E-state index in [-0.39, 0.29) is 0 Å². The molecule has 0 saturated heterocycles. The Morgan fingerprint density at radius 1 is 0.810 bits per heavy atom. The monoisotopic (exact) mass is 290 g/mol. The lowest BCUT2D eigenvalue weighted by molar-refractivity contribution is -0.113. The molecule has 7 atom stereocenters. The van der Waals surface area contributed by atoms with Gasteiger partial charge in [-0.25, -0.2) is 0 Å².